The molecule has 2 aromatic carbocycles. The van der Waals surface area contributed by atoms with Gasteiger partial charge in [0.25, 0.3) is 5.91 Å². The van der Waals surface area contributed by atoms with E-state index in [4.69, 9.17) is 0 Å². The number of benzene rings is 2. The van der Waals surface area contributed by atoms with Gasteiger partial charge in [-0.05, 0) is 30.7 Å². The van der Waals surface area contributed by atoms with E-state index in [1.165, 1.54) is 30.3 Å². The van der Waals surface area contributed by atoms with Crippen LogP contribution >= 0.6 is 0 Å². The molecule has 0 saturated carbocycles. The second-order valence-electron chi connectivity index (χ2n) is 9.46. The summed E-state index contributed by atoms with van der Waals surface area (Å²) in [6.45, 7) is 7.54. The van der Waals surface area contributed by atoms with Gasteiger partial charge in [0.2, 0.25) is 0 Å². The minimum absolute atomic E-state index is 0.0257. The van der Waals surface area contributed by atoms with Crippen LogP contribution < -0.4 is 10.1 Å². The zero-order valence-electron chi connectivity index (χ0n) is 20.6. The maximum absolute atomic E-state index is 13.0. The first-order valence-electron chi connectivity index (χ1n) is 11.0. The predicted molar refractivity (Wildman–Crippen MR) is 129 cm³/mol. The number of hydrogen-bond acceptors (Lipinski definition) is 5. The topological polar surface area (TPSA) is 90.3 Å². The van der Waals surface area contributed by atoms with E-state index in [0.717, 1.165) is 6.26 Å². The average Bonchev–Trinajstić information content (AvgIpc) is 3.09. The first-order valence-corrected chi connectivity index (χ1v) is 12.9. The van der Waals surface area contributed by atoms with Gasteiger partial charge in [-0.3, -0.25) is 4.79 Å². The van der Waals surface area contributed by atoms with Crippen molar-refractivity contribution >= 4 is 15.7 Å². The molecule has 0 spiro atoms. The third-order valence-electron chi connectivity index (χ3n) is 5.44. The summed E-state index contributed by atoms with van der Waals surface area (Å²) in [5.41, 5.74) is 1.12. The summed E-state index contributed by atoms with van der Waals surface area (Å²) in [4.78, 5) is 17.7. The molecule has 11 heteroatoms. The van der Waals surface area contributed by atoms with Crippen LogP contribution in [0.25, 0.3) is 0 Å². The van der Waals surface area contributed by atoms with E-state index >= 15 is 0 Å². The van der Waals surface area contributed by atoms with Crippen molar-refractivity contribution in [3.63, 3.8) is 0 Å². The van der Waals surface area contributed by atoms with Crippen molar-refractivity contribution in [2.24, 2.45) is 0 Å². The van der Waals surface area contributed by atoms with Crippen molar-refractivity contribution in [2.45, 2.75) is 57.5 Å². The summed E-state index contributed by atoms with van der Waals surface area (Å²) in [5, 5.41) is 2.77. The first kappa shape index (κ1) is 27.3. The average molecular weight is 524 g/mol. The lowest BCUT2D eigenvalue weighted by atomic mass is 9.95. The lowest BCUT2D eigenvalue weighted by molar-refractivity contribution is -0.274. The number of hydrogen-bond donors (Lipinski definition) is 1. The number of aromatic nitrogens is 2. The number of rotatable bonds is 7. The van der Waals surface area contributed by atoms with Gasteiger partial charge in [-0.15, -0.1) is 13.2 Å². The Morgan fingerprint density at radius 2 is 1.67 bits per heavy atom. The molecule has 1 amide bonds. The quantitative estimate of drug-likeness (QED) is 0.482. The summed E-state index contributed by atoms with van der Waals surface area (Å²) in [6, 6.07) is 12.0. The largest absolute Gasteiger partial charge is 0.573 e. The molecule has 0 atom stereocenters. The lowest BCUT2D eigenvalue weighted by Gasteiger charge is -2.21. The van der Waals surface area contributed by atoms with Crippen LogP contribution in [0.2, 0.25) is 0 Å². The number of nitrogens with zero attached hydrogens (tertiary/aromatic N) is 2. The molecule has 1 heterocycles. The number of sulfone groups is 1. The summed E-state index contributed by atoms with van der Waals surface area (Å²) < 4.78 is 67.9. The number of ether oxygens (including phenoxy) is 1. The highest BCUT2D eigenvalue weighted by atomic mass is 32.2. The van der Waals surface area contributed by atoms with Gasteiger partial charge in [0.05, 0.1) is 11.4 Å². The molecule has 0 aliphatic carbocycles. The maximum atomic E-state index is 13.0. The van der Waals surface area contributed by atoms with Crippen LogP contribution in [0.5, 0.6) is 5.75 Å². The van der Waals surface area contributed by atoms with E-state index in [0.29, 0.717) is 22.6 Å². The van der Waals surface area contributed by atoms with Gasteiger partial charge < -0.3 is 14.6 Å². The molecular weight excluding hydrogens is 495 g/mol. The second-order valence-corrected chi connectivity index (χ2v) is 11.5. The van der Waals surface area contributed by atoms with E-state index in [2.05, 4.69) is 15.0 Å². The number of imidazole rings is 1. The number of amides is 1. The van der Waals surface area contributed by atoms with Crippen molar-refractivity contribution in [3.8, 4) is 5.75 Å². The third kappa shape index (κ3) is 6.66. The molecule has 0 aliphatic rings. The molecule has 0 saturated heterocycles. The Morgan fingerprint density at radius 3 is 2.22 bits per heavy atom. The van der Waals surface area contributed by atoms with Crippen molar-refractivity contribution in [3.05, 3.63) is 76.9 Å². The molecule has 36 heavy (non-hydrogen) atoms. The lowest BCUT2D eigenvalue weighted by Crippen LogP contribution is -2.24. The number of halogens is 3. The number of carbonyl (C=O) groups is 1. The third-order valence-corrected chi connectivity index (χ3v) is 6.57. The Labute approximate surface area is 208 Å². The smallest absolute Gasteiger partial charge is 0.405 e. The van der Waals surface area contributed by atoms with Crippen LogP contribution in [-0.2, 0) is 28.3 Å². The fraction of sp³-hybridized carbons (Fsp3) is 0.360. The van der Waals surface area contributed by atoms with Crippen molar-refractivity contribution in [1.82, 2.24) is 14.9 Å². The van der Waals surface area contributed by atoms with Gasteiger partial charge in [-0.2, -0.15) is 0 Å². The SMILES string of the molecule is Cc1c(C(=O)NCc2ccc(S(C)(=O)=O)cc2)nc(C(C)(C)C)n1Cc1ccccc1OC(F)(F)F. The monoisotopic (exact) mass is 523 g/mol. The van der Waals surface area contributed by atoms with E-state index in [9.17, 15) is 26.4 Å². The molecule has 0 radical (unpaired) electrons. The molecule has 0 bridgehead atoms. The van der Waals surface area contributed by atoms with Gasteiger partial charge >= 0.3 is 6.36 Å². The van der Waals surface area contributed by atoms with Gasteiger partial charge in [-0.1, -0.05) is 51.1 Å². The van der Waals surface area contributed by atoms with Crippen LogP contribution in [0.3, 0.4) is 0 Å². The van der Waals surface area contributed by atoms with Crippen molar-refractivity contribution in [2.75, 3.05) is 6.26 Å². The molecule has 3 rings (SSSR count). The molecule has 1 N–H and O–H groups in total. The van der Waals surface area contributed by atoms with Gasteiger partial charge in [0, 0.05) is 29.5 Å². The predicted octanol–water partition coefficient (Wildman–Crippen LogP) is 4.77. The second kappa shape index (κ2) is 9.96. The number of nitrogens with one attached hydrogen (secondary N) is 1. The van der Waals surface area contributed by atoms with Crippen LogP contribution in [0.15, 0.2) is 53.4 Å². The zero-order chi connectivity index (χ0) is 26.9. The molecule has 194 valence electrons. The highest BCUT2D eigenvalue weighted by Crippen LogP contribution is 2.30. The minimum atomic E-state index is -4.84. The maximum Gasteiger partial charge on any atom is 0.573 e. The molecule has 7 nitrogen and oxygen atoms in total. The summed E-state index contributed by atoms with van der Waals surface area (Å²) in [5.74, 6) is -0.241. The Bertz CT molecular complexity index is 1360. The van der Waals surface area contributed by atoms with E-state index in [1.807, 2.05) is 20.8 Å². The summed E-state index contributed by atoms with van der Waals surface area (Å²) in [7, 11) is -3.33. The number of alkyl halides is 3. The number of carbonyl (C=O) groups excluding carboxylic acids is 1. The van der Waals surface area contributed by atoms with Gasteiger partial charge in [-0.25, -0.2) is 13.4 Å². The van der Waals surface area contributed by atoms with E-state index in [-0.39, 0.29) is 29.4 Å². The van der Waals surface area contributed by atoms with Gasteiger partial charge in [0.1, 0.15) is 17.3 Å². The zero-order valence-corrected chi connectivity index (χ0v) is 21.4. The van der Waals surface area contributed by atoms with Gasteiger partial charge in [0.15, 0.2) is 9.84 Å². The van der Waals surface area contributed by atoms with Crippen LogP contribution in [-0.4, -0.2) is 36.5 Å². The number of para-hydroxylation sites is 1. The van der Waals surface area contributed by atoms with Crippen LogP contribution in [0.1, 0.15) is 53.9 Å². The molecule has 0 fully saturated rings. The summed E-state index contributed by atoms with van der Waals surface area (Å²) in [6.07, 6.45) is -3.72. The fourth-order valence-electron chi connectivity index (χ4n) is 3.66. The van der Waals surface area contributed by atoms with Crippen molar-refractivity contribution < 1.29 is 31.1 Å². The minimum Gasteiger partial charge on any atom is -0.405 e. The Balaban J connectivity index is 1.88. The fourth-order valence-corrected chi connectivity index (χ4v) is 4.30. The molecule has 0 aliphatic heterocycles. The first-order chi connectivity index (χ1) is 16.6. The van der Waals surface area contributed by atoms with Crippen LogP contribution in [0.4, 0.5) is 13.2 Å². The van der Waals surface area contributed by atoms with E-state index < -0.39 is 27.5 Å². The summed E-state index contributed by atoms with van der Waals surface area (Å²) >= 11 is 0. The Hall–Kier alpha value is -3.34. The van der Waals surface area contributed by atoms with Crippen LogP contribution in [0, 0.1) is 6.92 Å². The molecular formula is C25H28F3N3O4S. The Morgan fingerprint density at radius 1 is 1.06 bits per heavy atom. The molecule has 3 aromatic rings. The standard InChI is InChI=1S/C25H28F3N3O4S/c1-16-21(22(32)29-14-17-10-12-19(13-11-17)36(5,33)34)30-23(24(2,3)4)31(16)15-18-8-6-7-9-20(18)35-25(26,27)28/h6-13H,14-15H2,1-5H3,(H,29,32). The normalized spacial score (nSPS) is 12.4. The highest BCUT2D eigenvalue weighted by molar-refractivity contribution is 7.90. The van der Waals surface area contributed by atoms with Crippen molar-refractivity contribution in [1.29, 1.82) is 0 Å². The molecule has 0 unspecified atom stereocenters. The molecule has 1 aromatic heterocycles. The Kier molecular flexibility index (Phi) is 7.54. The highest BCUT2D eigenvalue weighted by Gasteiger charge is 2.33. The van der Waals surface area contributed by atoms with E-state index in [1.54, 1.807) is 29.7 Å².